The number of nitrogens with zero attached hydrogens (tertiary/aromatic N) is 1. The van der Waals surface area contributed by atoms with Gasteiger partial charge in [-0.25, -0.2) is 4.39 Å². The molecule has 220 valence electrons. The van der Waals surface area contributed by atoms with Crippen LogP contribution in [0.1, 0.15) is 116 Å². The lowest BCUT2D eigenvalue weighted by Gasteiger charge is -2.18. The Bertz CT molecular complexity index is 1010. The van der Waals surface area contributed by atoms with Crippen molar-refractivity contribution in [2.75, 3.05) is 18.0 Å². The summed E-state index contributed by atoms with van der Waals surface area (Å²) in [5.41, 5.74) is 6.20. The summed E-state index contributed by atoms with van der Waals surface area (Å²) in [6, 6.07) is 11.5. The van der Waals surface area contributed by atoms with Crippen LogP contribution in [-0.4, -0.2) is 24.7 Å². The predicted molar refractivity (Wildman–Crippen MR) is 170 cm³/mol. The van der Waals surface area contributed by atoms with Gasteiger partial charge in [0, 0.05) is 18.7 Å². The number of hydrogen-bond donors (Lipinski definition) is 0. The predicted octanol–water partition coefficient (Wildman–Crippen LogP) is 10.1. The molecule has 0 spiro atoms. The maximum absolute atomic E-state index is 13.6. The van der Waals surface area contributed by atoms with Gasteiger partial charge in [0.1, 0.15) is 5.82 Å². The van der Waals surface area contributed by atoms with Crippen molar-refractivity contribution in [1.82, 2.24) is 0 Å². The van der Waals surface area contributed by atoms with Crippen molar-refractivity contribution in [2.45, 2.75) is 109 Å². The zero-order valence-electron chi connectivity index (χ0n) is 27.0. The van der Waals surface area contributed by atoms with Gasteiger partial charge in [-0.05, 0) is 89.1 Å². The molecule has 0 bridgehead atoms. The maximum Gasteiger partial charge on any atom is 0.160 e. The summed E-state index contributed by atoms with van der Waals surface area (Å²) in [6.07, 6.45) is 5.90. The van der Waals surface area contributed by atoms with Gasteiger partial charge in [0.15, 0.2) is 11.6 Å². The Kier molecular flexibility index (Phi) is 21.8. The van der Waals surface area contributed by atoms with Crippen LogP contribution < -0.4 is 4.90 Å². The van der Waals surface area contributed by atoms with Gasteiger partial charge in [-0.15, -0.1) is 0 Å². The molecule has 0 N–H and O–H groups in total. The molecule has 1 heterocycles. The zero-order chi connectivity index (χ0) is 30.5. The van der Waals surface area contributed by atoms with Crippen LogP contribution in [0, 0.1) is 25.6 Å². The highest BCUT2D eigenvalue weighted by Gasteiger charge is 2.20. The molecule has 0 saturated carbocycles. The first kappa shape index (κ1) is 38.4. The van der Waals surface area contributed by atoms with Gasteiger partial charge >= 0.3 is 0 Å². The molecule has 1 fully saturated rings. The lowest BCUT2D eigenvalue weighted by molar-refractivity contribution is -0.112. The number of halogens is 1. The van der Waals surface area contributed by atoms with E-state index in [0.29, 0.717) is 5.92 Å². The van der Waals surface area contributed by atoms with E-state index in [1.54, 1.807) is 26.0 Å². The fourth-order valence-electron chi connectivity index (χ4n) is 4.01. The summed E-state index contributed by atoms with van der Waals surface area (Å²) in [7, 11) is 0. The Morgan fingerprint density at radius 3 is 1.92 bits per heavy atom. The van der Waals surface area contributed by atoms with E-state index in [2.05, 4.69) is 31.7 Å². The number of benzene rings is 2. The van der Waals surface area contributed by atoms with Crippen molar-refractivity contribution in [2.24, 2.45) is 5.92 Å². The van der Waals surface area contributed by atoms with Crippen molar-refractivity contribution in [3.63, 3.8) is 0 Å². The molecule has 1 atom stereocenters. The van der Waals surface area contributed by atoms with Crippen LogP contribution >= 0.6 is 0 Å². The van der Waals surface area contributed by atoms with E-state index in [9.17, 15) is 14.0 Å². The minimum atomic E-state index is -0.0842. The molecule has 39 heavy (non-hydrogen) atoms. The van der Waals surface area contributed by atoms with Gasteiger partial charge in [0.25, 0.3) is 0 Å². The molecule has 1 aliphatic heterocycles. The molecule has 0 amide bonds. The number of ketones is 2. The quantitative estimate of drug-likeness (QED) is 0.270. The van der Waals surface area contributed by atoms with E-state index in [4.69, 9.17) is 0 Å². The number of anilines is 1. The lowest BCUT2D eigenvalue weighted by atomic mass is 9.98. The normalized spacial score (nSPS) is 13.8. The van der Waals surface area contributed by atoms with E-state index in [0.717, 1.165) is 54.7 Å². The molecule has 2 aromatic carbocycles. The van der Waals surface area contributed by atoms with Gasteiger partial charge < -0.3 is 4.90 Å². The molecular weight excluding hydrogens is 485 g/mol. The molecule has 0 aliphatic carbocycles. The highest BCUT2D eigenvalue weighted by molar-refractivity contribution is 5.95. The minimum absolute atomic E-state index is 0.0842. The monoisotopic (exact) mass is 541 g/mol. The Balaban J connectivity index is 0. The third-order valence-corrected chi connectivity index (χ3v) is 6.03. The van der Waals surface area contributed by atoms with Crippen LogP contribution in [0.4, 0.5) is 10.1 Å². The zero-order valence-corrected chi connectivity index (χ0v) is 27.0. The molecular formula is C35H56FNO2. The smallest absolute Gasteiger partial charge is 0.160 e. The second kappa shape index (κ2) is 22.1. The Hall–Kier alpha value is -2.75. The molecule has 0 aromatic heterocycles. The largest absolute Gasteiger partial charge is 0.369 e. The van der Waals surface area contributed by atoms with Gasteiger partial charge in [0.05, 0.1) is 5.69 Å². The average Bonchev–Trinajstić information content (AvgIpc) is 3.32. The number of aryl methyl sites for hydroxylation is 3. The molecule has 1 aliphatic rings. The number of carbonyl (C=O) groups is 2. The van der Waals surface area contributed by atoms with Gasteiger partial charge in [-0.3, -0.25) is 9.59 Å². The van der Waals surface area contributed by atoms with Crippen LogP contribution in [-0.2, 0) is 11.2 Å². The Morgan fingerprint density at radius 2 is 1.51 bits per heavy atom. The van der Waals surface area contributed by atoms with Crippen molar-refractivity contribution in [3.05, 3.63) is 76.1 Å². The first-order valence-corrected chi connectivity index (χ1v) is 14.8. The Morgan fingerprint density at radius 1 is 0.949 bits per heavy atom. The molecule has 3 nitrogen and oxygen atoms in total. The number of Topliss-reactive ketones (excluding diaryl/α,β-unsaturated/α-hetero) is 1. The second-order valence-corrected chi connectivity index (χ2v) is 9.72. The highest BCUT2D eigenvalue weighted by Crippen LogP contribution is 2.26. The maximum atomic E-state index is 13.6. The van der Waals surface area contributed by atoms with E-state index in [1.165, 1.54) is 17.5 Å². The standard InChI is InChI=1S/C12H16FN.C12H16O.C7H12O.2C2H6/c1-9-3-4-12(11(13)7-9)14-6-5-10(2)8-14;1-4-5-11-8-9(2)6-7-12(11)10(3)13;1-4-6(2)5-7(3)8;2*1-2/h3-4,7,10H,5-6,8H2,1-2H3;6-8H,4-5H2,1-3H3;5H,4H2,1-3H3;2*1-2H3/b;;6-5-;;. The summed E-state index contributed by atoms with van der Waals surface area (Å²) in [6.45, 7) is 25.5. The molecule has 1 unspecified atom stereocenters. The number of allylic oxidation sites excluding steroid dienone is 2. The first-order chi connectivity index (χ1) is 18.5. The lowest BCUT2D eigenvalue weighted by Crippen LogP contribution is -2.20. The fourth-order valence-corrected chi connectivity index (χ4v) is 4.01. The Labute approximate surface area is 239 Å². The minimum Gasteiger partial charge on any atom is -0.369 e. The van der Waals surface area contributed by atoms with E-state index in [1.807, 2.05) is 72.7 Å². The van der Waals surface area contributed by atoms with Crippen molar-refractivity contribution < 1.29 is 14.0 Å². The van der Waals surface area contributed by atoms with Crippen molar-refractivity contribution in [1.29, 1.82) is 0 Å². The van der Waals surface area contributed by atoms with Crippen LogP contribution in [0.2, 0.25) is 0 Å². The SMILES string of the molecule is CC.CC.CC/C(C)=C\C(C)=O.CCCc1cc(C)ccc1C(C)=O.Cc1ccc(N2CCC(C)C2)c(F)c1. The highest BCUT2D eigenvalue weighted by atomic mass is 19.1. The van der Waals surface area contributed by atoms with Gasteiger partial charge in [0.2, 0.25) is 0 Å². The second-order valence-electron chi connectivity index (χ2n) is 9.72. The van der Waals surface area contributed by atoms with Crippen LogP contribution in [0.5, 0.6) is 0 Å². The third-order valence-electron chi connectivity index (χ3n) is 6.03. The summed E-state index contributed by atoms with van der Waals surface area (Å²) in [5, 5.41) is 0. The third kappa shape index (κ3) is 16.1. The summed E-state index contributed by atoms with van der Waals surface area (Å²) in [5.74, 6) is 0.919. The average molecular weight is 542 g/mol. The van der Waals surface area contributed by atoms with E-state index >= 15 is 0 Å². The summed E-state index contributed by atoms with van der Waals surface area (Å²) >= 11 is 0. The topological polar surface area (TPSA) is 37.4 Å². The molecule has 4 heteroatoms. The fraction of sp³-hybridized carbons (Fsp3) is 0.543. The number of rotatable bonds is 6. The van der Waals surface area contributed by atoms with Crippen LogP contribution in [0.15, 0.2) is 48.0 Å². The first-order valence-electron chi connectivity index (χ1n) is 14.8. The molecule has 1 saturated heterocycles. The van der Waals surface area contributed by atoms with E-state index in [-0.39, 0.29) is 17.4 Å². The van der Waals surface area contributed by atoms with Gasteiger partial charge in [-0.1, -0.05) is 90.3 Å². The molecule has 2 aromatic rings. The van der Waals surface area contributed by atoms with Gasteiger partial charge in [-0.2, -0.15) is 0 Å². The number of hydrogen-bond acceptors (Lipinski definition) is 3. The van der Waals surface area contributed by atoms with E-state index < -0.39 is 0 Å². The molecule has 0 radical (unpaired) electrons. The van der Waals surface area contributed by atoms with Crippen molar-refractivity contribution >= 4 is 17.3 Å². The number of carbonyl (C=O) groups excluding carboxylic acids is 2. The van der Waals surface area contributed by atoms with Crippen molar-refractivity contribution in [3.8, 4) is 0 Å². The van der Waals surface area contributed by atoms with Crippen LogP contribution in [0.25, 0.3) is 0 Å². The summed E-state index contributed by atoms with van der Waals surface area (Å²) < 4.78 is 13.6. The van der Waals surface area contributed by atoms with Crippen LogP contribution in [0.3, 0.4) is 0 Å². The molecule has 3 rings (SSSR count). The summed E-state index contributed by atoms with van der Waals surface area (Å²) in [4.78, 5) is 23.7.